The highest BCUT2D eigenvalue weighted by Gasteiger charge is 2.32. The summed E-state index contributed by atoms with van der Waals surface area (Å²) in [6.07, 6.45) is 3.40. The van der Waals surface area contributed by atoms with E-state index < -0.39 is 6.17 Å². The molecule has 0 bridgehead atoms. The van der Waals surface area contributed by atoms with Crippen LogP contribution in [0.3, 0.4) is 0 Å². The third kappa shape index (κ3) is 3.83. The molecule has 0 amide bonds. The standard InChI is InChI=1S/C13H21FO/c1-3-12(14)10-13(11-15-4-2)8-6-5-7-9-13/h12H,3-6,8,10-11H2,1-2H3/t12-,13-/m1/s1. The summed E-state index contributed by atoms with van der Waals surface area (Å²) in [4.78, 5) is 0. The van der Waals surface area contributed by atoms with Gasteiger partial charge < -0.3 is 4.74 Å². The average molecular weight is 212 g/mol. The van der Waals surface area contributed by atoms with Crippen molar-refractivity contribution in [1.82, 2.24) is 0 Å². The Morgan fingerprint density at radius 2 is 2.27 bits per heavy atom. The molecule has 1 nitrogen and oxygen atoms in total. The lowest BCUT2D eigenvalue weighted by Gasteiger charge is -2.31. The molecule has 15 heavy (non-hydrogen) atoms. The highest BCUT2D eigenvalue weighted by atomic mass is 19.1. The van der Waals surface area contributed by atoms with Gasteiger partial charge in [0.25, 0.3) is 0 Å². The highest BCUT2D eigenvalue weighted by molar-refractivity contribution is 5.16. The lowest BCUT2D eigenvalue weighted by molar-refractivity contribution is 0.0542. The van der Waals surface area contributed by atoms with Crippen molar-refractivity contribution >= 4 is 0 Å². The molecular formula is C13H21FO. The SMILES string of the molecule is CCOC[C@@]1(C[C@H](F)CC)C#CCCC1. The lowest BCUT2D eigenvalue weighted by atomic mass is 9.77. The molecule has 2 atom stereocenters. The van der Waals surface area contributed by atoms with Crippen molar-refractivity contribution in [3.63, 3.8) is 0 Å². The topological polar surface area (TPSA) is 9.23 Å². The molecule has 2 heteroatoms. The van der Waals surface area contributed by atoms with Gasteiger partial charge in [0.15, 0.2) is 0 Å². The maximum Gasteiger partial charge on any atom is 0.101 e. The van der Waals surface area contributed by atoms with E-state index in [1.54, 1.807) is 0 Å². The molecule has 0 aliphatic heterocycles. The Morgan fingerprint density at radius 1 is 1.47 bits per heavy atom. The fourth-order valence-electron chi connectivity index (χ4n) is 2.01. The minimum atomic E-state index is -0.738. The molecule has 1 aliphatic rings. The largest absolute Gasteiger partial charge is 0.380 e. The first-order valence-electron chi connectivity index (χ1n) is 5.94. The van der Waals surface area contributed by atoms with E-state index in [1.807, 2.05) is 13.8 Å². The fourth-order valence-corrected chi connectivity index (χ4v) is 2.01. The minimum absolute atomic E-state index is 0.205. The summed E-state index contributed by atoms with van der Waals surface area (Å²) in [5.41, 5.74) is -0.205. The van der Waals surface area contributed by atoms with E-state index in [0.717, 1.165) is 19.3 Å². The Labute approximate surface area is 92.4 Å². The second-order valence-corrected chi connectivity index (χ2v) is 4.28. The smallest absolute Gasteiger partial charge is 0.101 e. The average Bonchev–Trinajstić information content (AvgIpc) is 2.27. The van der Waals surface area contributed by atoms with Crippen LogP contribution in [0.25, 0.3) is 0 Å². The van der Waals surface area contributed by atoms with Gasteiger partial charge in [0, 0.05) is 13.0 Å². The second kappa shape index (κ2) is 6.12. The zero-order valence-electron chi connectivity index (χ0n) is 9.81. The Morgan fingerprint density at radius 3 is 2.80 bits per heavy atom. The number of hydrogen-bond acceptors (Lipinski definition) is 1. The molecular weight excluding hydrogens is 191 g/mol. The first-order chi connectivity index (χ1) is 7.22. The van der Waals surface area contributed by atoms with Gasteiger partial charge in [-0.3, -0.25) is 0 Å². The molecule has 1 aliphatic carbocycles. The third-order valence-corrected chi connectivity index (χ3v) is 2.95. The van der Waals surface area contributed by atoms with Gasteiger partial charge in [0.05, 0.1) is 12.0 Å². The maximum absolute atomic E-state index is 13.5. The van der Waals surface area contributed by atoms with Crippen LogP contribution in [0.15, 0.2) is 0 Å². The van der Waals surface area contributed by atoms with Crippen LogP contribution in [0.1, 0.15) is 46.0 Å². The van der Waals surface area contributed by atoms with Crippen LogP contribution in [0.5, 0.6) is 0 Å². The highest BCUT2D eigenvalue weighted by Crippen LogP contribution is 2.34. The van der Waals surface area contributed by atoms with Crippen molar-refractivity contribution in [1.29, 1.82) is 0 Å². The summed E-state index contributed by atoms with van der Waals surface area (Å²) in [6, 6.07) is 0. The van der Waals surface area contributed by atoms with Crippen LogP contribution in [0, 0.1) is 17.3 Å². The molecule has 0 heterocycles. The summed E-state index contributed by atoms with van der Waals surface area (Å²) in [7, 11) is 0. The first-order valence-corrected chi connectivity index (χ1v) is 5.94. The first kappa shape index (κ1) is 12.5. The van der Waals surface area contributed by atoms with E-state index in [9.17, 15) is 4.39 Å². The van der Waals surface area contributed by atoms with Crippen molar-refractivity contribution in [3.05, 3.63) is 0 Å². The Hall–Kier alpha value is -0.550. The number of alkyl halides is 1. The van der Waals surface area contributed by atoms with Crippen LogP contribution in [-0.2, 0) is 4.74 Å². The number of hydrogen-bond donors (Lipinski definition) is 0. The Bertz CT molecular complexity index is 241. The van der Waals surface area contributed by atoms with Crippen LogP contribution in [-0.4, -0.2) is 19.4 Å². The summed E-state index contributed by atoms with van der Waals surface area (Å²) in [5.74, 6) is 6.33. The second-order valence-electron chi connectivity index (χ2n) is 4.28. The monoisotopic (exact) mass is 212 g/mol. The molecule has 0 fully saturated rings. The molecule has 0 aromatic carbocycles. The summed E-state index contributed by atoms with van der Waals surface area (Å²) in [5, 5.41) is 0. The number of halogens is 1. The van der Waals surface area contributed by atoms with Gasteiger partial charge in [0.2, 0.25) is 0 Å². The van der Waals surface area contributed by atoms with Crippen molar-refractivity contribution in [2.75, 3.05) is 13.2 Å². The third-order valence-electron chi connectivity index (χ3n) is 2.95. The van der Waals surface area contributed by atoms with Crippen molar-refractivity contribution in [2.24, 2.45) is 5.41 Å². The van der Waals surface area contributed by atoms with E-state index >= 15 is 0 Å². The summed E-state index contributed by atoms with van der Waals surface area (Å²) >= 11 is 0. The minimum Gasteiger partial charge on any atom is -0.380 e. The van der Waals surface area contributed by atoms with Gasteiger partial charge in [-0.05, 0) is 32.6 Å². The molecule has 0 aromatic rings. The maximum atomic E-state index is 13.5. The van der Waals surface area contributed by atoms with Gasteiger partial charge >= 0.3 is 0 Å². The van der Waals surface area contributed by atoms with Crippen LogP contribution in [0.4, 0.5) is 4.39 Å². The molecule has 0 saturated carbocycles. The molecule has 86 valence electrons. The van der Waals surface area contributed by atoms with Crippen molar-refractivity contribution in [2.45, 2.75) is 52.1 Å². The quantitative estimate of drug-likeness (QED) is 0.614. The Kier molecular flexibility index (Phi) is 5.11. The summed E-state index contributed by atoms with van der Waals surface area (Å²) < 4.78 is 18.9. The predicted octanol–water partition coefficient (Wildman–Crippen LogP) is 3.33. The normalized spacial score (nSPS) is 26.9. The van der Waals surface area contributed by atoms with Gasteiger partial charge in [-0.2, -0.15) is 0 Å². The molecule has 0 unspecified atom stereocenters. The van der Waals surface area contributed by atoms with Gasteiger partial charge in [0.1, 0.15) is 6.17 Å². The molecule has 0 aromatic heterocycles. The molecule has 0 radical (unpaired) electrons. The molecule has 0 saturated heterocycles. The number of ether oxygens (including phenoxy) is 1. The van der Waals surface area contributed by atoms with E-state index in [1.165, 1.54) is 0 Å². The number of rotatable bonds is 6. The molecule has 0 N–H and O–H groups in total. The summed E-state index contributed by atoms with van der Waals surface area (Å²) in [6.45, 7) is 5.13. The zero-order chi connectivity index (χ0) is 11.1. The van der Waals surface area contributed by atoms with Crippen LogP contribution < -0.4 is 0 Å². The van der Waals surface area contributed by atoms with Crippen molar-refractivity contribution < 1.29 is 9.13 Å². The van der Waals surface area contributed by atoms with Crippen LogP contribution in [0.2, 0.25) is 0 Å². The van der Waals surface area contributed by atoms with E-state index in [0.29, 0.717) is 26.1 Å². The van der Waals surface area contributed by atoms with E-state index in [2.05, 4.69) is 11.8 Å². The zero-order valence-corrected chi connectivity index (χ0v) is 9.81. The fraction of sp³-hybridized carbons (Fsp3) is 0.846. The Balaban J connectivity index is 2.61. The van der Waals surface area contributed by atoms with Gasteiger partial charge in [-0.1, -0.05) is 12.8 Å². The molecule has 1 rings (SSSR count). The predicted molar refractivity (Wildman–Crippen MR) is 60.4 cm³/mol. The van der Waals surface area contributed by atoms with Gasteiger partial charge in [-0.25, -0.2) is 4.39 Å². The van der Waals surface area contributed by atoms with E-state index in [-0.39, 0.29) is 5.41 Å². The molecule has 0 spiro atoms. The van der Waals surface area contributed by atoms with Gasteiger partial charge in [-0.15, -0.1) is 5.92 Å². The van der Waals surface area contributed by atoms with Crippen molar-refractivity contribution in [3.8, 4) is 11.8 Å². The lowest BCUT2D eigenvalue weighted by Crippen LogP contribution is -2.30. The van der Waals surface area contributed by atoms with E-state index in [4.69, 9.17) is 4.74 Å². The van der Waals surface area contributed by atoms with Crippen LogP contribution >= 0.6 is 0 Å².